The zero-order valence-electron chi connectivity index (χ0n) is 10.8. The highest BCUT2D eigenvalue weighted by Gasteiger charge is 2.20. The van der Waals surface area contributed by atoms with Crippen LogP contribution in [-0.2, 0) is 11.2 Å². The summed E-state index contributed by atoms with van der Waals surface area (Å²) in [7, 11) is 1.61. The molecule has 2 aromatic rings. The fourth-order valence-corrected chi connectivity index (χ4v) is 2.38. The second kappa shape index (κ2) is 6.71. The Morgan fingerprint density at radius 3 is 2.47 bits per heavy atom. The van der Waals surface area contributed by atoms with Gasteiger partial charge >= 0.3 is 0 Å². The van der Waals surface area contributed by atoms with Gasteiger partial charge in [-0.2, -0.15) is 0 Å². The minimum absolute atomic E-state index is 0.333. The summed E-state index contributed by atoms with van der Waals surface area (Å²) in [6.07, 6.45) is -0.431. The van der Waals surface area contributed by atoms with Crippen LogP contribution in [0.5, 0.6) is 0 Å². The molecule has 0 spiro atoms. The third-order valence-corrected chi connectivity index (χ3v) is 3.30. The summed E-state index contributed by atoms with van der Waals surface area (Å²) < 4.78 is 5.42. The highest BCUT2D eigenvalue weighted by atomic mass is 35.5. The van der Waals surface area contributed by atoms with Crippen LogP contribution in [0, 0.1) is 0 Å². The third-order valence-electron chi connectivity index (χ3n) is 3.07. The maximum absolute atomic E-state index is 10.3. The number of halogens is 1. The van der Waals surface area contributed by atoms with Gasteiger partial charge in [0, 0.05) is 18.6 Å². The number of hydrogen-bond donors (Lipinski definition) is 1. The summed E-state index contributed by atoms with van der Waals surface area (Å²) >= 11 is 5.95. The van der Waals surface area contributed by atoms with Crippen molar-refractivity contribution in [2.75, 3.05) is 7.11 Å². The number of aliphatic hydroxyl groups excluding tert-OH is 1. The fourth-order valence-electron chi connectivity index (χ4n) is 2.17. The fraction of sp³-hybridized carbons (Fsp3) is 0.250. The quantitative estimate of drug-likeness (QED) is 0.904. The summed E-state index contributed by atoms with van der Waals surface area (Å²) in [5.74, 6) is 0. The van der Waals surface area contributed by atoms with Gasteiger partial charge < -0.3 is 9.84 Å². The third kappa shape index (κ3) is 3.80. The van der Waals surface area contributed by atoms with Gasteiger partial charge in [0.05, 0.1) is 6.10 Å². The van der Waals surface area contributed by atoms with Crippen LogP contribution in [0.2, 0.25) is 5.02 Å². The van der Waals surface area contributed by atoms with Crippen LogP contribution >= 0.6 is 11.6 Å². The Kier molecular flexibility index (Phi) is 4.97. The molecule has 0 aromatic heterocycles. The Bertz CT molecular complexity index is 513. The molecule has 19 heavy (non-hydrogen) atoms. The summed E-state index contributed by atoms with van der Waals surface area (Å²) in [4.78, 5) is 0. The Balaban J connectivity index is 2.11. The minimum atomic E-state index is -0.606. The van der Waals surface area contributed by atoms with E-state index in [1.165, 1.54) is 0 Å². The van der Waals surface area contributed by atoms with E-state index in [1.54, 1.807) is 7.11 Å². The molecule has 0 aliphatic rings. The van der Waals surface area contributed by atoms with Gasteiger partial charge in [0.15, 0.2) is 0 Å². The molecule has 2 nitrogen and oxygen atoms in total. The Morgan fingerprint density at radius 2 is 1.84 bits per heavy atom. The molecule has 0 fully saturated rings. The van der Waals surface area contributed by atoms with Gasteiger partial charge in [0.25, 0.3) is 0 Å². The molecular formula is C16H17ClO2. The predicted molar refractivity (Wildman–Crippen MR) is 77.4 cm³/mol. The molecule has 3 heteroatoms. The van der Waals surface area contributed by atoms with E-state index in [9.17, 15) is 5.11 Å². The van der Waals surface area contributed by atoms with E-state index < -0.39 is 6.10 Å². The number of rotatable bonds is 5. The van der Waals surface area contributed by atoms with Crippen molar-refractivity contribution < 1.29 is 9.84 Å². The highest BCUT2D eigenvalue weighted by molar-refractivity contribution is 6.30. The Labute approximate surface area is 118 Å². The van der Waals surface area contributed by atoms with Crippen molar-refractivity contribution in [3.05, 3.63) is 70.7 Å². The molecule has 0 bridgehead atoms. The van der Waals surface area contributed by atoms with Gasteiger partial charge in [-0.1, -0.05) is 54.1 Å². The van der Waals surface area contributed by atoms with E-state index in [2.05, 4.69) is 0 Å². The van der Waals surface area contributed by atoms with Crippen LogP contribution in [0.15, 0.2) is 54.6 Å². The molecule has 0 amide bonds. The maximum atomic E-state index is 10.3. The topological polar surface area (TPSA) is 29.5 Å². The van der Waals surface area contributed by atoms with E-state index in [-0.39, 0.29) is 6.10 Å². The zero-order valence-corrected chi connectivity index (χ0v) is 11.5. The first kappa shape index (κ1) is 14.1. The van der Waals surface area contributed by atoms with Crippen LogP contribution in [-0.4, -0.2) is 18.3 Å². The minimum Gasteiger partial charge on any atom is -0.390 e. The second-order valence-electron chi connectivity index (χ2n) is 4.47. The van der Waals surface area contributed by atoms with Crippen LogP contribution in [0.3, 0.4) is 0 Å². The highest BCUT2D eigenvalue weighted by Crippen LogP contribution is 2.23. The van der Waals surface area contributed by atoms with Crippen molar-refractivity contribution in [2.45, 2.75) is 18.6 Å². The van der Waals surface area contributed by atoms with Crippen LogP contribution in [0.1, 0.15) is 17.2 Å². The van der Waals surface area contributed by atoms with Gasteiger partial charge in [-0.15, -0.1) is 0 Å². The summed E-state index contributed by atoms with van der Waals surface area (Å²) in [5, 5.41) is 11.0. The van der Waals surface area contributed by atoms with E-state index in [0.29, 0.717) is 11.4 Å². The molecule has 2 atom stereocenters. The smallest absolute Gasteiger partial charge is 0.108 e. The number of methoxy groups -OCH3 is 1. The average molecular weight is 277 g/mol. The van der Waals surface area contributed by atoms with Gasteiger partial charge in [-0.25, -0.2) is 0 Å². The van der Waals surface area contributed by atoms with Gasteiger partial charge in [-0.3, -0.25) is 0 Å². The first-order valence-corrected chi connectivity index (χ1v) is 6.58. The molecule has 0 heterocycles. The van der Waals surface area contributed by atoms with E-state index in [4.69, 9.17) is 16.3 Å². The first-order chi connectivity index (χ1) is 9.20. The molecule has 2 rings (SSSR count). The average Bonchev–Trinajstić information content (AvgIpc) is 2.41. The SMILES string of the molecule is COC(c1ccccc1)C(O)Cc1cccc(Cl)c1. The molecule has 2 aromatic carbocycles. The molecule has 0 radical (unpaired) electrons. The number of hydrogen-bond acceptors (Lipinski definition) is 2. The number of benzene rings is 2. The van der Waals surface area contributed by atoms with Gasteiger partial charge in [0.1, 0.15) is 6.10 Å². The van der Waals surface area contributed by atoms with E-state index in [0.717, 1.165) is 11.1 Å². The van der Waals surface area contributed by atoms with E-state index in [1.807, 2.05) is 54.6 Å². The van der Waals surface area contributed by atoms with Gasteiger partial charge in [-0.05, 0) is 23.3 Å². The van der Waals surface area contributed by atoms with Crippen LogP contribution in [0.25, 0.3) is 0 Å². The van der Waals surface area contributed by atoms with Crippen molar-refractivity contribution in [1.29, 1.82) is 0 Å². The second-order valence-corrected chi connectivity index (χ2v) is 4.90. The molecule has 0 aliphatic heterocycles. The monoisotopic (exact) mass is 276 g/mol. The Morgan fingerprint density at radius 1 is 1.11 bits per heavy atom. The van der Waals surface area contributed by atoms with Crippen LogP contribution < -0.4 is 0 Å². The molecule has 100 valence electrons. The lowest BCUT2D eigenvalue weighted by molar-refractivity contribution is -0.0128. The molecule has 0 saturated carbocycles. The molecule has 0 saturated heterocycles. The molecule has 1 N–H and O–H groups in total. The lowest BCUT2D eigenvalue weighted by atomic mass is 9.98. The predicted octanol–water partition coefficient (Wildman–Crippen LogP) is 3.63. The van der Waals surface area contributed by atoms with Crippen molar-refractivity contribution in [2.24, 2.45) is 0 Å². The summed E-state index contributed by atoms with van der Waals surface area (Å²) in [6, 6.07) is 17.2. The molecule has 2 unspecified atom stereocenters. The van der Waals surface area contributed by atoms with Crippen LogP contribution in [0.4, 0.5) is 0 Å². The standard InChI is InChI=1S/C16H17ClO2/c1-19-16(13-7-3-2-4-8-13)15(18)11-12-6-5-9-14(17)10-12/h2-10,15-16,18H,11H2,1H3. The van der Waals surface area contributed by atoms with Gasteiger partial charge in [0.2, 0.25) is 0 Å². The van der Waals surface area contributed by atoms with Crippen molar-refractivity contribution in [3.8, 4) is 0 Å². The van der Waals surface area contributed by atoms with Crippen molar-refractivity contribution in [3.63, 3.8) is 0 Å². The van der Waals surface area contributed by atoms with Crippen molar-refractivity contribution in [1.82, 2.24) is 0 Å². The lowest BCUT2D eigenvalue weighted by Gasteiger charge is -2.22. The lowest BCUT2D eigenvalue weighted by Crippen LogP contribution is -2.22. The molecule has 0 aliphatic carbocycles. The largest absolute Gasteiger partial charge is 0.390 e. The first-order valence-electron chi connectivity index (χ1n) is 6.21. The number of ether oxygens (including phenoxy) is 1. The summed E-state index contributed by atoms with van der Waals surface area (Å²) in [5.41, 5.74) is 1.97. The molecular weight excluding hydrogens is 260 g/mol. The summed E-state index contributed by atoms with van der Waals surface area (Å²) in [6.45, 7) is 0. The normalized spacial score (nSPS) is 14.1. The Hall–Kier alpha value is -1.35. The van der Waals surface area contributed by atoms with Crippen molar-refractivity contribution >= 4 is 11.6 Å². The zero-order chi connectivity index (χ0) is 13.7. The number of aliphatic hydroxyl groups is 1. The maximum Gasteiger partial charge on any atom is 0.108 e. The van der Waals surface area contributed by atoms with E-state index >= 15 is 0 Å².